The number of hydrogen-bond donors (Lipinski definition) is 1. The zero-order chi connectivity index (χ0) is 20.1. The van der Waals surface area contributed by atoms with E-state index in [1.165, 1.54) is 24.3 Å². The van der Waals surface area contributed by atoms with Crippen molar-refractivity contribution in [3.05, 3.63) is 53.6 Å². The van der Waals surface area contributed by atoms with Gasteiger partial charge in [-0.15, -0.1) is 0 Å². The molecule has 0 saturated heterocycles. The lowest BCUT2D eigenvalue weighted by Crippen LogP contribution is -2.17. The molecule has 28 heavy (non-hydrogen) atoms. The molecule has 148 valence electrons. The van der Waals surface area contributed by atoms with E-state index in [-0.39, 0.29) is 16.6 Å². The van der Waals surface area contributed by atoms with Crippen LogP contribution >= 0.6 is 11.6 Å². The Morgan fingerprint density at radius 2 is 1.61 bits per heavy atom. The highest BCUT2D eigenvalue weighted by atomic mass is 35.5. The second-order valence-electron chi connectivity index (χ2n) is 6.42. The van der Waals surface area contributed by atoms with Crippen LogP contribution in [0, 0.1) is 5.92 Å². The number of nitrogens with zero attached hydrogens (tertiary/aromatic N) is 2. The Labute approximate surface area is 170 Å². The monoisotopic (exact) mass is 419 g/mol. The average molecular weight is 420 g/mol. The summed E-state index contributed by atoms with van der Waals surface area (Å²) in [7, 11) is -3.86. The average Bonchev–Trinajstić information content (AvgIpc) is 2.69. The van der Waals surface area contributed by atoms with E-state index >= 15 is 0 Å². The van der Waals surface area contributed by atoms with Crippen molar-refractivity contribution in [2.75, 3.05) is 11.3 Å². The van der Waals surface area contributed by atoms with Crippen LogP contribution in [-0.4, -0.2) is 25.0 Å². The number of para-hydroxylation sites is 2. The third kappa shape index (κ3) is 4.72. The first-order valence-corrected chi connectivity index (χ1v) is 11.0. The molecule has 0 atom stereocenters. The molecule has 1 N–H and O–H groups in total. The molecule has 1 aromatic heterocycles. The first-order chi connectivity index (χ1) is 13.4. The summed E-state index contributed by atoms with van der Waals surface area (Å²) in [6, 6.07) is 13.2. The summed E-state index contributed by atoms with van der Waals surface area (Å²) in [5, 5.41) is 0.457. The fourth-order valence-electron chi connectivity index (χ4n) is 2.67. The molecule has 0 fully saturated rings. The summed E-state index contributed by atoms with van der Waals surface area (Å²) in [4.78, 5) is 8.99. The van der Waals surface area contributed by atoms with Gasteiger partial charge in [0.1, 0.15) is 0 Å². The highest BCUT2D eigenvalue weighted by molar-refractivity contribution is 7.92. The second kappa shape index (κ2) is 8.75. The second-order valence-corrected chi connectivity index (χ2v) is 8.54. The van der Waals surface area contributed by atoms with Crippen LogP contribution in [0.25, 0.3) is 11.0 Å². The van der Waals surface area contributed by atoms with Crippen LogP contribution in [0.1, 0.15) is 26.7 Å². The number of aromatic nitrogens is 2. The molecule has 0 aliphatic rings. The standard InChI is InChI=1S/C20H22ClN3O3S/c1-3-14(4-2)13-27-20-19(22-17-7-5-6-8-18(17)23-20)24-28(25,26)16-11-9-15(21)10-12-16/h5-12,14H,3-4,13H2,1-2H3,(H,22,24). The highest BCUT2D eigenvalue weighted by Gasteiger charge is 2.20. The molecule has 3 rings (SSSR count). The zero-order valence-corrected chi connectivity index (χ0v) is 17.3. The molecule has 0 aliphatic heterocycles. The Bertz CT molecular complexity index is 1050. The summed E-state index contributed by atoms with van der Waals surface area (Å²) < 4.78 is 33.9. The summed E-state index contributed by atoms with van der Waals surface area (Å²) in [6.07, 6.45) is 1.92. The van der Waals surface area contributed by atoms with E-state index in [0.717, 1.165) is 12.8 Å². The SMILES string of the molecule is CCC(CC)COc1nc2ccccc2nc1NS(=O)(=O)c1ccc(Cl)cc1. The summed E-state index contributed by atoms with van der Waals surface area (Å²) in [5.74, 6) is 0.594. The molecule has 0 unspecified atom stereocenters. The van der Waals surface area contributed by atoms with Gasteiger partial charge in [0.25, 0.3) is 15.9 Å². The van der Waals surface area contributed by atoms with Gasteiger partial charge >= 0.3 is 0 Å². The van der Waals surface area contributed by atoms with Gasteiger partial charge in [-0.3, -0.25) is 4.72 Å². The lowest BCUT2D eigenvalue weighted by Gasteiger charge is -2.16. The number of halogens is 1. The minimum absolute atomic E-state index is 0.0691. The summed E-state index contributed by atoms with van der Waals surface area (Å²) >= 11 is 5.85. The Hall–Kier alpha value is -2.38. The lowest BCUT2D eigenvalue weighted by molar-refractivity contribution is 0.234. The number of hydrogen-bond acceptors (Lipinski definition) is 5. The Kier molecular flexibility index (Phi) is 6.36. The number of fused-ring (bicyclic) bond motifs is 1. The van der Waals surface area contributed by atoms with Crippen LogP contribution in [0.2, 0.25) is 5.02 Å². The van der Waals surface area contributed by atoms with Crippen molar-refractivity contribution < 1.29 is 13.2 Å². The zero-order valence-electron chi connectivity index (χ0n) is 15.7. The van der Waals surface area contributed by atoms with Gasteiger partial charge in [0.05, 0.1) is 22.5 Å². The molecule has 3 aromatic rings. The van der Waals surface area contributed by atoms with Crippen LogP contribution < -0.4 is 9.46 Å². The van der Waals surface area contributed by atoms with Crippen LogP contribution in [-0.2, 0) is 10.0 Å². The number of benzene rings is 2. The third-order valence-electron chi connectivity index (χ3n) is 4.50. The number of sulfonamides is 1. The normalized spacial score (nSPS) is 11.7. The molecule has 0 amide bonds. The van der Waals surface area contributed by atoms with Crippen molar-refractivity contribution in [1.82, 2.24) is 9.97 Å². The van der Waals surface area contributed by atoms with Crippen molar-refractivity contribution in [2.24, 2.45) is 5.92 Å². The maximum absolute atomic E-state index is 12.8. The Morgan fingerprint density at radius 3 is 2.21 bits per heavy atom. The van der Waals surface area contributed by atoms with Crippen molar-refractivity contribution in [3.63, 3.8) is 0 Å². The summed E-state index contributed by atoms with van der Waals surface area (Å²) in [6.45, 7) is 4.62. The molecule has 1 heterocycles. The van der Waals surface area contributed by atoms with E-state index < -0.39 is 10.0 Å². The van der Waals surface area contributed by atoms with Gasteiger partial charge in [0.15, 0.2) is 0 Å². The molecule has 0 saturated carbocycles. The summed E-state index contributed by atoms with van der Waals surface area (Å²) in [5.41, 5.74) is 1.21. The van der Waals surface area contributed by atoms with E-state index in [0.29, 0.717) is 28.6 Å². The molecular weight excluding hydrogens is 398 g/mol. The smallest absolute Gasteiger partial charge is 0.263 e. The maximum Gasteiger partial charge on any atom is 0.263 e. The van der Waals surface area contributed by atoms with Gasteiger partial charge in [0.2, 0.25) is 5.82 Å². The number of anilines is 1. The molecule has 2 aromatic carbocycles. The van der Waals surface area contributed by atoms with Crippen molar-refractivity contribution in [1.29, 1.82) is 0 Å². The van der Waals surface area contributed by atoms with E-state index in [1.807, 2.05) is 18.2 Å². The van der Waals surface area contributed by atoms with Crippen molar-refractivity contribution >= 4 is 38.5 Å². The van der Waals surface area contributed by atoms with Crippen LogP contribution in [0.3, 0.4) is 0 Å². The van der Waals surface area contributed by atoms with Crippen molar-refractivity contribution in [2.45, 2.75) is 31.6 Å². The number of nitrogens with one attached hydrogen (secondary N) is 1. The van der Waals surface area contributed by atoms with Gasteiger partial charge in [-0.1, -0.05) is 50.4 Å². The number of rotatable bonds is 8. The molecule has 8 heteroatoms. The van der Waals surface area contributed by atoms with E-state index in [1.54, 1.807) is 6.07 Å². The first kappa shape index (κ1) is 20.4. The third-order valence-corrected chi connectivity index (χ3v) is 6.11. The van der Waals surface area contributed by atoms with Gasteiger partial charge in [-0.05, 0) is 42.3 Å². The first-order valence-electron chi connectivity index (χ1n) is 9.11. The molecule has 6 nitrogen and oxygen atoms in total. The maximum atomic E-state index is 12.8. The fraction of sp³-hybridized carbons (Fsp3) is 0.300. The van der Waals surface area contributed by atoms with Gasteiger partial charge < -0.3 is 4.74 Å². The topological polar surface area (TPSA) is 81.2 Å². The van der Waals surface area contributed by atoms with Crippen LogP contribution in [0.5, 0.6) is 5.88 Å². The largest absolute Gasteiger partial charge is 0.475 e. The minimum atomic E-state index is -3.86. The van der Waals surface area contributed by atoms with Crippen LogP contribution in [0.15, 0.2) is 53.4 Å². The lowest BCUT2D eigenvalue weighted by atomic mass is 10.1. The predicted molar refractivity (Wildman–Crippen MR) is 111 cm³/mol. The molecule has 0 aliphatic carbocycles. The van der Waals surface area contributed by atoms with Crippen LogP contribution in [0.4, 0.5) is 5.82 Å². The Balaban J connectivity index is 1.97. The highest BCUT2D eigenvalue weighted by Crippen LogP contribution is 2.27. The fourth-order valence-corrected chi connectivity index (χ4v) is 3.80. The van der Waals surface area contributed by atoms with Gasteiger partial charge in [-0.2, -0.15) is 0 Å². The van der Waals surface area contributed by atoms with E-state index in [4.69, 9.17) is 16.3 Å². The predicted octanol–water partition coefficient (Wildman–Crippen LogP) is 4.90. The van der Waals surface area contributed by atoms with Gasteiger partial charge in [0, 0.05) is 5.02 Å². The van der Waals surface area contributed by atoms with E-state index in [9.17, 15) is 8.42 Å². The molecular formula is C20H22ClN3O3S. The van der Waals surface area contributed by atoms with E-state index in [2.05, 4.69) is 28.5 Å². The molecule has 0 spiro atoms. The molecule has 0 radical (unpaired) electrons. The minimum Gasteiger partial charge on any atom is -0.475 e. The molecule has 0 bridgehead atoms. The van der Waals surface area contributed by atoms with Crippen molar-refractivity contribution in [3.8, 4) is 5.88 Å². The quantitative estimate of drug-likeness (QED) is 0.561. The Morgan fingerprint density at radius 1 is 1.00 bits per heavy atom. The number of ether oxygens (including phenoxy) is 1. The van der Waals surface area contributed by atoms with Gasteiger partial charge in [-0.25, -0.2) is 18.4 Å².